The molecule has 6 heteroatoms. The molecule has 3 N–H and O–H groups in total. The average molecular weight is 191 g/mol. The third-order valence-corrected chi connectivity index (χ3v) is 0. The number of rotatable bonds is 0. The van der Waals surface area contributed by atoms with Crippen LogP contribution < -0.4 is 0 Å². The van der Waals surface area contributed by atoms with E-state index in [2.05, 4.69) is 11.8 Å². The Morgan fingerprint density at radius 2 is 1.17 bits per heavy atom. The van der Waals surface area contributed by atoms with Gasteiger partial charge < -0.3 is 14.7 Å². The molecule has 0 aliphatic rings. The Bertz CT molecular complexity index is 56.9. The summed E-state index contributed by atoms with van der Waals surface area (Å²) >= 11 is 3.60. The molecule has 0 aliphatic carbocycles. The molecule has 0 saturated carbocycles. The number of hydrogen-bond acceptors (Lipinski definition) is 1. The predicted molar refractivity (Wildman–Crippen MR) is 32.3 cm³/mol. The van der Waals surface area contributed by atoms with Gasteiger partial charge in [0.15, 0.2) is 0 Å². The topological polar surface area (TPSA) is 60.7 Å². The van der Waals surface area contributed by atoms with Crippen LogP contribution in [0.5, 0.6) is 0 Å². The summed E-state index contributed by atoms with van der Waals surface area (Å²) in [7, 11) is 0. The molecular weight excluding hydrogens is 184 g/mol. The molecule has 0 spiro atoms. The first-order chi connectivity index (χ1) is 2.00. The average Bonchev–Trinajstić information content (AvgIpc) is 0.722. The van der Waals surface area contributed by atoms with Crippen LogP contribution in [0.2, 0.25) is 0 Å². The first-order valence-electron chi connectivity index (χ1n) is 0.783. The minimum atomic E-state index is -3.81. The van der Waals surface area contributed by atoms with Gasteiger partial charge in [-0.3, -0.25) is 0 Å². The van der Waals surface area contributed by atoms with Gasteiger partial charge in [0.05, 0.1) is 0 Å². The van der Waals surface area contributed by atoms with Crippen molar-refractivity contribution in [3.8, 4) is 0 Å². The van der Waals surface area contributed by atoms with Crippen LogP contribution >= 0.6 is 6.72 Å². The van der Waals surface area contributed by atoms with Gasteiger partial charge in [0.1, 0.15) is 0 Å². The molecule has 0 bridgehead atoms. The molecule has 0 rings (SSSR count). The van der Waals surface area contributed by atoms with Gasteiger partial charge in [0.2, 0.25) is 0 Å². The summed E-state index contributed by atoms with van der Waals surface area (Å²) < 4.78 is 0. The van der Waals surface area contributed by atoms with Crippen LogP contribution in [-0.2, 0) is 11.8 Å². The second-order valence-corrected chi connectivity index (χ2v) is 3.01. The van der Waals surface area contributed by atoms with Crippen LogP contribution in [0, 0.1) is 0 Å². The summed E-state index contributed by atoms with van der Waals surface area (Å²) in [6.45, 7) is -3.81. The van der Waals surface area contributed by atoms with Crippen LogP contribution in [-0.4, -0.2) is 32.3 Å². The summed E-state index contributed by atoms with van der Waals surface area (Å²) in [4.78, 5) is 22.7. The molecule has 0 atom stereocenters. The summed E-state index contributed by atoms with van der Waals surface area (Å²) in [5.74, 6) is 0. The summed E-state index contributed by atoms with van der Waals surface area (Å²) in [5, 5.41) is 0. The molecule has 0 fully saturated rings. The van der Waals surface area contributed by atoms with Crippen LogP contribution in [0.15, 0.2) is 0 Å². The molecule has 0 saturated heterocycles. The van der Waals surface area contributed by atoms with E-state index in [0.717, 1.165) is 0 Å². The fourth-order valence-corrected chi connectivity index (χ4v) is 0. The number of hydrogen-bond donors (Lipinski definition) is 3. The van der Waals surface area contributed by atoms with Crippen molar-refractivity contribution in [3.05, 3.63) is 0 Å². The van der Waals surface area contributed by atoms with Crippen LogP contribution in [0.25, 0.3) is 0 Å². The Kier molecular flexibility index (Phi) is 5.28. The molecule has 40 valence electrons. The maximum atomic E-state index is 7.56. The van der Waals surface area contributed by atoms with E-state index in [1.54, 1.807) is 0 Å². The summed E-state index contributed by atoms with van der Waals surface area (Å²) in [6, 6.07) is 0. The second-order valence-electron chi connectivity index (χ2n) is 0.513. The van der Waals surface area contributed by atoms with E-state index in [4.69, 9.17) is 14.7 Å². The maximum absolute atomic E-state index is 7.56. The van der Waals surface area contributed by atoms with E-state index >= 15 is 0 Å². The van der Waals surface area contributed by atoms with Gasteiger partial charge in [-0.05, 0) is 11.8 Å². The van der Waals surface area contributed by atoms with Gasteiger partial charge in [-0.25, -0.2) is 0 Å². The van der Waals surface area contributed by atoms with E-state index in [1.807, 2.05) is 0 Å². The SMILES string of the molecule is OP(O)(O)=S.[GeH4]. The molecule has 6 heavy (non-hydrogen) atoms. The molecular formula is H7GeO3PS. The fourth-order valence-electron chi connectivity index (χ4n) is 0. The summed E-state index contributed by atoms with van der Waals surface area (Å²) in [5.41, 5.74) is 0. The molecule has 0 amide bonds. The predicted octanol–water partition coefficient (Wildman–Crippen LogP) is -2.26. The Labute approximate surface area is 51.2 Å². The van der Waals surface area contributed by atoms with Crippen molar-refractivity contribution in [2.75, 3.05) is 0 Å². The molecule has 0 radical (unpaired) electrons. The molecule has 0 unspecified atom stereocenters. The van der Waals surface area contributed by atoms with Crippen LogP contribution in [0.1, 0.15) is 0 Å². The molecule has 0 aromatic heterocycles. The van der Waals surface area contributed by atoms with E-state index < -0.39 is 6.72 Å². The van der Waals surface area contributed by atoms with Gasteiger partial charge in [-0.1, -0.05) is 0 Å². The van der Waals surface area contributed by atoms with Gasteiger partial charge in [0.25, 0.3) is 0 Å². The van der Waals surface area contributed by atoms with Gasteiger partial charge in [0, 0.05) is 0 Å². The first-order valence-corrected chi connectivity index (χ1v) is 3.44. The molecule has 0 aromatic rings. The fraction of sp³-hybridized carbons (Fsp3) is 0. The van der Waals surface area contributed by atoms with Crippen molar-refractivity contribution in [1.82, 2.24) is 0 Å². The third kappa shape index (κ3) is 73.1. The zero-order valence-electron chi connectivity index (χ0n) is 2.20. The third-order valence-electron chi connectivity index (χ3n) is 0. The van der Waals surface area contributed by atoms with Crippen molar-refractivity contribution >= 4 is 36.1 Å². The first kappa shape index (κ1) is 10.1. The standard InChI is InChI=1S/GeH4.H3O3PS/c;1-4(2,3)5/h1H4;(H3,1,2,3,5). The Morgan fingerprint density at radius 3 is 1.17 bits per heavy atom. The van der Waals surface area contributed by atoms with E-state index in [1.165, 1.54) is 0 Å². The van der Waals surface area contributed by atoms with Crippen molar-refractivity contribution in [2.24, 2.45) is 0 Å². The normalized spacial score (nSPS) is 9.83. The van der Waals surface area contributed by atoms with Gasteiger partial charge in [-0.15, -0.1) is 0 Å². The quantitative estimate of drug-likeness (QED) is 0.298. The van der Waals surface area contributed by atoms with Crippen molar-refractivity contribution in [1.29, 1.82) is 0 Å². The summed E-state index contributed by atoms with van der Waals surface area (Å²) in [6.07, 6.45) is 0. The second kappa shape index (κ2) is 3.12. The van der Waals surface area contributed by atoms with Crippen LogP contribution in [0.3, 0.4) is 0 Å². The van der Waals surface area contributed by atoms with E-state index in [9.17, 15) is 0 Å². The van der Waals surface area contributed by atoms with Crippen LogP contribution in [0.4, 0.5) is 0 Å². The Hall–Kier alpha value is 1.07. The molecule has 0 aromatic carbocycles. The Balaban J connectivity index is 0. The zero-order chi connectivity index (χ0) is 4.50. The molecule has 0 heterocycles. The monoisotopic (exact) mass is 192 g/mol. The minimum absolute atomic E-state index is 0. The van der Waals surface area contributed by atoms with Crippen molar-refractivity contribution in [2.45, 2.75) is 0 Å². The van der Waals surface area contributed by atoms with E-state index in [-0.39, 0.29) is 17.6 Å². The zero-order valence-corrected chi connectivity index (χ0v) is 3.91. The van der Waals surface area contributed by atoms with Crippen molar-refractivity contribution in [3.63, 3.8) is 0 Å². The van der Waals surface area contributed by atoms with Crippen molar-refractivity contribution < 1.29 is 14.7 Å². The van der Waals surface area contributed by atoms with Gasteiger partial charge in [-0.2, -0.15) is 0 Å². The van der Waals surface area contributed by atoms with Gasteiger partial charge >= 0.3 is 24.3 Å². The molecule has 0 aliphatic heterocycles. The molecule has 3 nitrogen and oxygen atoms in total. The van der Waals surface area contributed by atoms with E-state index in [0.29, 0.717) is 0 Å². The Morgan fingerprint density at radius 1 is 1.17 bits per heavy atom.